The summed E-state index contributed by atoms with van der Waals surface area (Å²) < 4.78 is 84.8. The Morgan fingerprint density at radius 1 is 1.08 bits per heavy atom. The van der Waals surface area contributed by atoms with Crippen LogP contribution in [0.2, 0.25) is 5.02 Å². The summed E-state index contributed by atoms with van der Waals surface area (Å²) in [6.07, 6.45) is 0. The van der Waals surface area contributed by atoms with E-state index in [0.717, 1.165) is 18.2 Å². The van der Waals surface area contributed by atoms with Crippen LogP contribution in [-0.2, 0) is 10.0 Å². The van der Waals surface area contributed by atoms with Crippen molar-refractivity contribution in [3.05, 3.63) is 46.5 Å². The van der Waals surface area contributed by atoms with Gasteiger partial charge in [0.05, 0.1) is 12.8 Å². The van der Waals surface area contributed by atoms with E-state index in [-0.39, 0.29) is 11.4 Å². The van der Waals surface area contributed by atoms with Gasteiger partial charge in [-0.25, -0.2) is 26.0 Å². The molecule has 24 heavy (non-hydrogen) atoms. The van der Waals surface area contributed by atoms with E-state index < -0.39 is 49.0 Å². The van der Waals surface area contributed by atoms with Crippen molar-refractivity contribution in [3.8, 4) is 11.5 Å². The summed E-state index contributed by atoms with van der Waals surface area (Å²) in [7, 11) is -3.82. The lowest BCUT2D eigenvalue weighted by molar-refractivity contribution is 0.373. The van der Waals surface area contributed by atoms with Crippen LogP contribution in [0.25, 0.3) is 0 Å². The van der Waals surface area contributed by atoms with Crippen LogP contribution in [0.15, 0.2) is 23.1 Å². The van der Waals surface area contributed by atoms with E-state index in [1.807, 2.05) is 0 Å². The second kappa shape index (κ2) is 6.36. The molecule has 5 nitrogen and oxygen atoms in total. The number of sulfonamides is 1. The van der Waals surface area contributed by atoms with Crippen molar-refractivity contribution in [1.29, 1.82) is 0 Å². The van der Waals surface area contributed by atoms with E-state index in [1.54, 1.807) is 4.72 Å². The van der Waals surface area contributed by atoms with Crippen molar-refractivity contribution >= 4 is 27.3 Å². The zero-order chi connectivity index (χ0) is 18.2. The Labute approximate surface area is 138 Å². The van der Waals surface area contributed by atoms with Gasteiger partial charge < -0.3 is 9.84 Å². The third-order valence-electron chi connectivity index (χ3n) is 2.87. The lowest BCUT2D eigenvalue weighted by Gasteiger charge is -2.12. The highest BCUT2D eigenvalue weighted by atomic mass is 35.5. The van der Waals surface area contributed by atoms with E-state index >= 15 is 0 Å². The number of phenols is 1. The molecule has 0 heterocycles. The van der Waals surface area contributed by atoms with Crippen LogP contribution >= 0.6 is 11.6 Å². The number of halogens is 5. The summed E-state index contributed by atoms with van der Waals surface area (Å²) in [5, 5.41) is 8.04. The Balaban J connectivity index is 2.55. The summed E-state index contributed by atoms with van der Waals surface area (Å²) in [6, 6.07) is 3.12. The van der Waals surface area contributed by atoms with E-state index in [9.17, 15) is 31.1 Å². The molecule has 0 aliphatic carbocycles. The summed E-state index contributed by atoms with van der Waals surface area (Å²) in [5.41, 5.74) is -0.331. The topological polar surface area (TPSA) is 75.6 Å². The average molecular weight is 386 g/mol. The fourth-order valence-corrected chi connectivity index (χ4v) is 3.14. The molecule has 2 aromatic rings. The summed E-state index contributed by atoms with van der Waals surface area (Å²) >= 11 is 5.03. The minimum atomic E-state index is -5.06. The van der Waals surface area contributed by atoms with E-state index in [4.69, 9.17) is 16.3 Å². The predicted molar refractivity (Wildman–Crippen MR) is 76.8 cm³/mol. The van der Waals surface area contributed by atoms with Gasteiger partial charge in [-0.2, -0.15) is 0 Å². The quantitative estimate of drug-likeness (QED) is 0.480. The molecule has 0 amide bonds. The molecule has 0 spiro atoms. The average Bonchev–Trinajstić information content (AvgIpc) is 2.50. The number of rotatable bonds is 4. The van der Waals surface area contributed by atoms with Crippen LogP contribution in [0.5, 0.6) is 11.5 Å². The van der Waals surface area contributed by atoms with Crippen molar-refractivity contribution in [2.75, 3.05) is 11.8 Å². The van der Waals surface area contributed by atoms with Gasteiger partial charge >= 0.3 is 0 Å². The van der Waals surface area contributed by atoms with E-state index in [2.05, 4.69) is 0 Å². The zero-order valence-corrected chi connectivity index (χ0v) is 13.3. The van der Waals surface area contributed by atoms with Crippen molar-refractivity contribution in [3.63, 3.8) is 0 Å². The number of nitrogens with one attached hydrogen (secondary N) is 1. The maximum atomic E-state index is 13.7. The molecule has 0 aliphatic rings. The van der Waals surface area contributed by atoms with Gasteiger partial charge in [-0.05, 0) is 12.1 Å². The molecule has 0 unspecified atom stereocenters. The first-order valence-electron chi connectivity index (χ1n) is 6.01. The van der Waals surface area contributed by atoms with Crippen molar-refractivity contribution in [2.45, 2.75) is 4.90 Å². The molecular weight excluding hydrogens is 378 g/mol. The van der Waals surface area contributed by atoms with Gasteiger partial charge in [0, 0.05) is 6.07 Å². The molecule has 0 fully saturated rings. The smallest absolute Gasteiger partial charge is 0.267 e. The van der Waals surface area contributed by atoms with Gasteiger partial charge in [0.1, 0.15) is 5.02 Å². The molecule has 2 N–H and O–H groups in total. The monoisotopic (exact) mass is 385 g/mol. The minimum Gasteiger partial charge on any atom is -0.504 e. The Hall–Kier alpha value is -2.20. The molecule has 0 saturated heterocycles. The fraction of sp³-hybridized carbons (Fsp3) is 0.0769. The van der Waals surface area contributed by atoms with E-state index in [1.165, 1.54) is 7.11 Å². The maximum Gasteiger partial charge on any atom is 0.267 e. The third-order valence-corrected chi connectivity index (χ3v) is 4.60. The molecule has 0 aliphatic heterocycles. The number of hydrogen-bond donors (Lipinski definition) is 2. The van der Waals surface area contributed by atoms with Gasteiger partial charge in [-0.1, -0.05) is 11.6 Å². The van der Waals surface area contributed by atoms with Crippen molar-refractivity contribution in [1.82, 2.24) is 0 Å². The Morgan fingerprint density at radius 2 is 1.62 bits per heavy atom. The number of ether oxygens (including phenoxy) is 1. The number of aromatic hydroxyl groups is 1. The van der Waals surface area contributed by atoms with Crippen LogP contribution in [0.3, 0.4) is 0 Å². The molecule has 0 radical (unpaired) electrons. The third kappa shape index (κ3) is 3.06. The second-order valence-electron chi connectivity index (χ2n) is 4.39. The molecule has 130 valence electrons. The van der Waals surface area contributed by atoms with E-state index in [0.29, 0.717) is 0 Å². The van der Waals surface area contributed by atoms with Crippen LogP contribution in [0.4, 0.5) is 23.2 Å². The Morgan fingerprint density at radius 3 is 2.08 bits per heavy atom. The zero-order valence-electron chi connectivity index (χ0n) is 11.7. The van der Waals surface area contributed by atoms with Crippen LogP contribution in [0.1, 0.15) is 0 Å². The molecular formula is C13H8ClF4NO4S. The maximum absolute atomic E-state index is 13.7. The number of hydrogen-bond acceptors (Lipinski definition) is 4. The Kier molecular flexibility index (Phi) is 4.81. The van der Waals surface area contributed by atoms with Gasteiger partial charge in [-0.3, -0.25) is 4.72 Å². The lowest BCUT2D eigenvalue weighted by Crippen LogP contribution is -2.18. The largest absolute Gasteiger partial charge is 0.504 e. The first kappa shape index (κ1) is 18.1. The summed E-state index contributed by atoms with van der Waals surface area (Å²) in [6.45, 7) is 0. The normalized spacial score (nSPS) is 11.4. The van der Waals surface area contributed by atoms with Gasteiger partial charge in [0.15, 0.2) is 39.7 Å². The second-order valence-corrected chi connectivity index (χ2v) is 6.39. The first-order chi connectivity index (χ1) is 11.1. The SMILES string of the molecule is COc1ccc(NS(=O)(=O)c2c(F)c(F)c(Cl)c(F)c2F)cc1O. The number of anilines is 1. The molecule has 2 rings (SSSR count). The van der Waals surface area contributed by atoms with Crippen molar-refractivity contribution in [2.24, 2.45) is 0 Å². The van der Waals surface area contributed by atoms with Gasteiger partial charge in [0.2, 0.25) is 0 Å². The first-order valence-corrected chi connectivity index (χ1v) is 7.87. The predicted octanol–water partition coefficient (Wildman–Crippen LogP) is 3.41. The Bertz CT molecular complexity index is 892. The lowest BCUT2D eigenvalue weighted by atomic mass is 10.3. The van der Waals surface area contributed by atoms with Crippen LogP contribution in [0, 0.1) is 23.3 Å². The van der Waals surface area contributed by atoms with Crippen LogP contribution < -0.4 is 9.46 Å². The molecule has 0 aromatic heterocycles. The molecule has 2 aromatic carbocycles. The van der Waals surface area contributed by atoms with Crippen molar-refractivity contribution < 1.29 is 35.8 Å². The van der Waals surface area contributed by atoms with Gasteiger partial charge in [0.25, 0.3) is 10.0 Å². The highest BCUT2D eigenvalue weighted by molar-refractivity contribution is 7.92. The standard InChI is InChI=1S/C13H8ClF4NO4S/c1-23-7-3-2-5(4-6(7)20)19-24(21,22)13-11(17)9(15)8(14)10(16)12(13)18/h2-4,19-20H,1H3. The van der Waals surface area contributed by atoms with Gasteiger partial charge in [-0.15, -0.1) is 0 Å². The number of methoxy groups -OCH3 is 1. The summed E-state index contributed by atoms with van der Waals surface area (Å²) in [4.78, 5) is -1.88. The molecule has 0 atom stereocenters. The fourth-order valence-electron chi connectivity index (χ4n) is 1.78. The number of phenolic OH excluding ortho intramolecular Hbond substituents is 1. The highest BCUT2D eigenvalue weighted by Gasteiger charge is 2.32. The molecule has 0 saturated carbocycles. The molecule has 0 bridgehead atoms. The highest BCUT2D eigenvalue weighted by Crippen LogP contribution is 2.33. The molecule has 11 heteroatoms. The van der Waals surface area contributed by atoms with Crippen LogP contribution in [-0.4, -0.2) is 20.6 Å². The number of benzene rings is 2. The summed E-state index contributed by atoms with van der Waals surface area (Å²) in [5.74, 6) is -8.93. The minimum absolute atomic E-state index is 0.00103.